The highest BCUT2D eigenvalue weighted by molar-refractivity contribution is 7.17. The van der Waals surface area contributed by atoms with Gasteiger partial charge in [-0.2, -0.15) is 0 Å². The molecule has 1 aromatic carbocycles. The Morgan fingerprint density at radius 1 is 1.55 bits per heavy atom. The van der Waals surface area contributed by atoms with E-state index in [2.05, 4.69) is 10.3 Å². The van der Waals surface area contributed by atoms with E-state index in [9.17, 15) is 9.18 Å². The Balaban J connectivity index is 2.08. The summed E-state index contributed by atoms with van der Waals surface area (Å²) in [4.78, 5) is 16.7. The molecule has 0 aliphatic carbocycles. The molecule has 2 aromatic rings. The first-order chi connectivity index (χ1) is 9.51. The molecule has 0 spiro atoms. The number of aromatic nitrogens is 1. The average molecular weight is 314 g/mol. The van der Waals surface area contributed by atoms with E-state index in [0.717, 1.165) is 11.3 Å². The minimum atomic E-state index is -0.409. The van der Waals surface area contributed by atoms with Crippen molar-refractivity contribution in [3.05, 3.63) is 45.2 Å². The molecule has 1 amide bonds. The zero-order valence-electron chi connectivity index (χ0n) is 10.7. The molecule has 0 atom stereocenters. The molecule has 106 valence electrons. The van der Waals surface area contributed by atoms with Crippen LogP contribution in [-0.2, 0) is 13.0 Å². The molecule has 0 saturated carbocycles. The number of nitrogens with two attached hydrogens (primary N) is 1. The monoisotopic (exact) mass is 313 g/mol. The second kappa shape index (κ2) is 6.19. The van der Waals surface area contributed by atoms with E-state index >= 15 is 0 Å². The fourth-order valence-corrected chi connectivity index (χ4v) is 2.78. The molecule has 1 aromatic heterocycles. The number of halogens is 2. The van der Waals surface area contributed by atoms with Crippen molar-refractivity contribution in [3.8, 4) is 0 Å². The summed E-state index contributed by atoms with van der Waals surface area (Å²) < 4.78 is 12.9. The van der Waals surface area contributed by atoms with Gasteiger partial charge >= 0.3 is 0 Å². The van der Waals surface area contributed by atoms with Crippen LogP contribution in [0, 0.1) is 5.82 Å². The van der Waals surface area contributed by atoms with Gasteiger partial charge in [0.2, 0.25) is 0 Å². The molecule has 0 bridgehead atoms. The van der Waals surface area contributed by atoms with Crippen molar-refractivity contribution in [2.24, 2.45) is 0 Å². The second-order valence-corrected chi connectivity index (χ2v) is 5.54. The SMILES string of the molecule is CCc1nc(N)sc1C(=O)NCc1ccc(F)cc1Cl. The van der Waals surface area contributed by atoms with E-state index in [-0.39, 0.29) is 17.5 Å². The number of nitrogens with zero attached hydrogens (tertiary/aromatic N) is 1. The number of benzene rings is 1. The van der Waals surface area contributed by atoms with Gasteiger partial charge in [0.05, 0.1) is 5.69 Å². The molecule has 0 aliphatic heterocycles. The number of carbonyl (C=O) groups is 1. The molecule has 2 rings (SSSR count). The zero-order valence-corrected chi connectivity index (χ0v) is 12.3. The average Bonchev–Trinajstić information content (AvgIpc) is 2.78. The van der Waals surface area contributed by atoms with Crippen LogP contribution in [0.5, 0.6) is 0 Å². The third kappa shape index (κ3) is 3.26. The van der Waals surface area contributed by atoms with Gasteiger partial charge in [-0.1, -0.05) is 35.9 Å². The lowest BCUT2D eigenvalue weighted by atomic mass is 10.2. The van der Waals surface area contributed by atoms with E-state index in [0.29, 0.717) is 27.7 Å². The Bertz CT molecular complexity index is 645. The molecular weight excluding hydrogens is 301 g/mol. The lowest BCUT2D eigenvalue weighted by Gasteiger charge is -2.06. The Kier molecular flexibility index (Phi) is 4.57. The summed E-state index contributed by atoms with van der Waals surface area (Å²) in [7, 11) is 0. The first kappa shape index (κ1) is 14.7. The fourth-order valence-electron chi connectivity index (χ4n) is 1.71. The van der Waals surface area contributed by atoms with Crippen molar-refractivity contribution in [1.29, 1.82) is 0 Å². The van der Waals surface area contributed by atoms with Gasteiger partial charge in [0.15, 0.2) is 5.13 Å². The van der Waals surface area contributed by atoms with Gasteiger partial charge in [-0.05, 0) is 24.1 Å². The maximum atomic E-state index is 12.9. The number of thiazole rings is 1. The van der Waals surface area contributed by atoms with Crippen molar-refractivity contribution >= 4 is 34.0 Å². The number of rotatable bonds is 4. The van der Waals surface area contributed by atoms with Crippen LogP contribution in [-0.4, -0.2) is 10.9 Å². The van der Waals surface area contributed by atoms with Crippen molar-refractivity contribution in [1.82, 2.24) is 10.3 Å². The smallest absolute Gasteiger partial charge is 0.263 e. The number of hydrogen-bond donors (Lipinski definition) is 2. The standard InChI is InChI=1S/C13H13ClFN3OS/c1-2-10-11(20-13(16)18-10)12(19)17-6-7-3-4-8(15)5-9(7)14/h3-5H,2,6H2,1H3,(H2,16,18)(H,17,19). The van der Waals surface area contributed by atoms with Crippen LogP contribution in [0.1, 0.15) is 27.9 Å². The Morgan fingerprint density at radius 2 is 2.30 bits per heavy atom. The van der Waals surface area contributed by atoms with Gasteiger partial charge in [-0.15, -0.1) is 0 Å². The van der Waals surface area contributed by atoms with Crippen molar-refractivity contribution in [2.45, 2.75) is 19.9 Å². The molecule has 0 unspecified atom stereocenters. The molecule has 0 fully saturated rings. The van der Waals surface area contributed by atoms with Gasteiger partial charge in [-0.3, -0.25) is 4.79 Å². The lowest BCUT2D eigenvalue weighted by molar-refractivity contribution is 0.0954. The predicted octanol–water partition coefficient (Wildman–Crippen LogP) is 3.01. The van der Waals surface area contributed by atoms with E-state index in [1.807, 2.05) is 6.92 Å². The van der Waals surface area contributed by atoms with Crippen molar-refractivity contribution in [2.75, 3.05) is 5.73 Å². The minimum Gasteiger partial charge on any atom is -0.375 e. The third-order valence-corrected chi connectivity index (χ3v) is 3.99. The number of nitrogens with one attached hydrogen (secondary N) is 1. The molecule has 3 N–H and O–H groups in total. The highest BCUT2D eigenvalue weighted by atomic mass is 35.5. The quantitative estimate of drug-likeness (QED) is 0.911. The summed E-state index contributed by atoms with van der Waals surface area (Å²) in [6, 6.07) is 4.06. The van der Waals surface area contributed by atoms with Gasteiger partial charge in [0.1, 0.15) is 10.7 Å². The lowest BCUT2D eigenvalue weighted by Crippen LogP contribution is -2.23. The summed E-state index contributed by atoms with van der Waals surface area (Å²) in [5, 5.41) is 3.38. The number of anilines is 1. The minimum absolute atomic E-state index is 0.221. The Hall–Kier alpha value is -1.66. The maximum absolute atomic E-state index is 12.9. The van der Waals surface area contributed by atoms with Crippen LogP contribution >= 0.6 is 22.9 Å². The van der Waals surface area contributed by atoms with Gasteiger partial charge in [0.25, 0.3) is 5.91 Å². The second-order valence-electron chi connectivity index (χ2n) is 4.10. The van der Waals surface area contributed by atoms with Crippen LogP contribution in [0.15, 0.2) is 18.2 Å². The number of nitrogen functional groups attached to an aromatic ring is 1. The highest BCUT2D eigenvalue weighted by Crippen LogP contribution is 2.21. The highest BCUT2D eigenvalue weighted by Gasteiger charge is 2.16. The summed E-state index contributed by atoms with van der Waals surface area (Å²) in [6.07, 6.45) is 0.633. The first-order valence-corrected chi connectivity index (χ1v) is 7.18. The molecule has 7 heteroatoms. The molecule has 20 heavy (non-hydrogen) atoms. The normalized spacial score (nSPS) is 10.6. The Labute approximate surface area is 124 Å². The molecule has 4 nitrogen and oxygen atoms in total. The summed E-state index contributed by atoms with van der Waals surface area (Å²) in [5.41, 5.74) is 6.93. The molecule has 1 heterocycles. The largest absolute Gasteiger partial charge is 0.375 e. The van der Waals surface area contributed by atoms with Gasteiger partial charge in [0, 0.05) is 11.6 Å². The molecule has 0 saturated heterocycles. The predicted molar refractivity (Wildman–Crippen MR) is 78.5 cm³/mol. The molecular formula is C13H13ClFN3OS. The molecule has 0 radical (unpaired) electrons. The fraction of sp³-hybridized carbons (Fsp3) is 0.231. The van der Waals surface area contributed by atoms with Gasteiger partial charge in [-0.25, -0.2) is 9.37 Å². The number of hydrogen-bond acceptors (Lipinski definition) is 4. The van der Waals surface area contributed by atoms with Crippen LogP contribution in [0.4, 0.5) is 9.52 Å². The first-order valence-electron chi connectivity index (χ1n) is 5.98. The van der Waals surface area contributed by atoms with E-state index in [1.54, 1.807) is 6.07 Å². The van der Waals surface area contributed by atoms with Crippen LogP contribution in [0.3, 0.4) is 0 Å². The van der Waals surface area contributed by atoms with E-state index in [1.165, 1.54) is 12.1 Å². The third-order valence-electron chi connectivity index (χ3n) is 2.71. The Morgan fingerprint density at radius 3 is 2.95 bits per heavy atom. The number of aryl methyl sites for hydroxylation is 1. The van der Waals surface area contributed by atoms with Crippen LogP contribution in [0.25, 0.3) is 0 Å². The zero-order chi connectivity index (χ0) is 14.7. The van der Waals surface area contributed by atoms with E-state index in [4.69, 9.17) is 17.3 Å². The summed E-state index contributed by atoms with van der Waals surface area (Å²) >= 11 is 7.05. The number of carbonyl (C=O) groups excluding carboxylic acids is 1. The number of amides is 1. The van der Waals surface area contributed by atoms with Crippen LogP contribution in [0.2, 0.25) is 5.02 Å². The van der Waals surface area contributed by atoms with E-state index < -0.39 is 5.82 Å². The van der Waals surface area contributed by atoms with Crippen molar-refractivity contribution in [3.63, 3.8) is 0 Å². The topological polar surface area (TPSA) is 68.0 Å². The molecule has 0 aliphatic rings. The van der Waals surface area contributed by atoms with Crippen molar-refractivity contribution < 1.29 is 9.18 Å². The maximum Gasteiger partial charge on any atom is 0.263 e. The summed E-state index contributed by atoms with van der Waals surface area (Å²) in [5.74, 6) is -0.662. The summed E-state index contributed by atoms with van der Waals surface area (Å²) in [6.45, 7) is 2.13. The van der Waals surface area contributed by atoms with Gasteiger partial charge < -0.3 is 11.1 Å². The van der Waals surface area contributed by atoms with Crippen LogP contribution < -0.4 is 11.1 Å².